The van der Waals surface area contributed by atoms with E-state index in [-0.39, 0.29) is 18.2 Å². The van der Waals surface area contributed by atoms with Crippen LogP contribution >= 0.6 is 0 Å². The van der Waals surface area contributed by atoms with Gasteiger partial charge in [-0.05, 0) is 6.42 Å². The van der Waals surface area contributed by atoms with Crippen molar-refractivity contribution >= 4 is 15.7 Å². The number of nitrogens with two attached hydrogens (primary N) is 1. The molecule has 0 aromatic heterocycles. The van der Waals surface area contributed by atoms with Crippen LogP contribution in [0.3, 0.4) is 0 Å². The lowest BCUT2D eigenvalue weighted by Crippen LogP contribution is -2.34. The van der Waals surface area contributed by atoms with Gasteiger partial charge in [-0.2, -0.15) is 0 Å². The summed E-state index contributed by atoms with van der Waals surface area (Å²) in [5.41, 5.74) is 5.16. The first-order chi connectivity index (χ1) is 5.99. The Morgan fingerprint density at radius 1 is 1.62 bits per heavy atom. The minimum absolute atomic E-state index is 0.0792. The smallest absolute Gasteiger partial charge is 0.240 e. The van der Waals surface area contributed by atoms with Crippen molar-refractivity contribution in [2.24, 2.45) is 5.73 Å². The van der Waals surface area contributed by atoms with Crippen LogP contribution in [-0.2, 0) is 14.6 Å². The van der Waals surface area contributed by atoms with E-state index in [0.717, 1.165) is 0 Å². The largest absolute Gasteiger partial charge is 0.345 e. The van der Waals surface area contributed by atoms with E-state index in [4.69, 9.17) is 5.73 Å². The monoisotopic (exact) mass is 206 g/mol. The van der Waals surface area contributed by atoms with E-state index in [2.05, 4.69) is 0 Å². The molecule has 1 saturated heterocycles. The summed E-state index contributed by atoms with van der Waals surface area (Å²) >= 11 is 0. The van der Waals surface area contributed by atoms with Gasteiger partial charge in [0.05, 0.1) is 5.75 Å². The van der Waals surface area contributed by atoms with Crippen molar-refractivity contribution in [2.75, 3.05) is 25.9 Å². The second-order valence-corrected chi connectivity index (χ2v) is 5.50. The first kappa shape index (κ1) is 10.5. The minimum Gasteiger partial charge on any atom is -0.345 e. The Labute approximate surface area is 77.8 Å². The fraction of sp³-hybridized carbons (Fsp3) is 0.857. The van der Waals surface area contributed by atoms with Crippen molar-refractivity contribution in [3.63, 3.8) is 0 Å². The summed E-state index contributed by atoms with van der Waals surface area (Å²) in [5, 5.41) is -0.846. The van der Waals surface area contributed by atoms with Gasteiger partial charge in [0, 0.05) is 20.1 Å². The Bertz CT molecular complexity index is 299. The lowest BCUT2D eigenvalue weighted by molar-refractivity contribution is -0.126. The summed E-state index contributed by atoms with van der Waals surface area (Å²) in [5.74, 6) is -0.398. The molecule has 1 aliphatic heterocycles. The summed E-state index contributed by atoms with van der Waals surface area (Å²) in [6, 6.07) is 0. The average Bonchev–Trinajstić information content (AvgIpc) is 2.33. The molecule has 0 saturated carbocycles. The van der Waals surface area contributed by atoms with Gasteiger partial charge in [-0.15, -0.1) is 0 Å². The number of carbonyl (C=O) groups is 1. The third kappa shape index (κ3) is 2.00. The summed E-state index contributed by atoms with van der Waals surface area (Å²) in [4.78, 5) is 12.8. The number of sulfone groups is 1. The lowest BCUT2D eigenvalue weighted by Gasteiger charge is -2.10. The van der Waals surface area contributed by atoms with Crippen LogP contribution < -0.4 is 5.73 Å². The molecule has 6 heteroatoms. The van der Waals surface area contributed by atoms with Crippen LogP contribution in [0.25, 0.3) is 0 Å². The molecule has 1 aliphatic rings. The van der Waals surface area contributed by atoms with E-state index in [1.165, 1.54) is 4.90 Å². The highest BCUT2D eigenvalue weighted by molar-refractivity contribution is 7.92. The van der Waals surface area contributed by atoms with Gasteiger partial charge >= 0.3 is 0 Å². The van der Waals surface area contributed by atoms with Gasteiger partial charge in [-0.3, -0.25) is 4.79 Å². The SMILES string of the molecule is CN1CCC(S(=O)(=O)CCN)C1=O. The maximum atomic E-state index is 11.5. The third-order valence-electron chi connectivity index (χ3n) is 2.21. The van der Waals surface area contributed by atoms with Crippen LogP contribution in [0.5, 0.6) is 0 Å². The maximum Gasteiger partial charge on any atom is 0.240 e. The van der Waals surface area contributed by atoms with Gasteiger partial charge in [0.1, 0.15) is 5.25 Å². The van der Waals surface area contributed by atoms with Crippen molar-refractivity contribution in [2.45, 2.75) is 11.7 Å². The number of carbonyl (C=O) groups excluding carboxylic acids is 1. The molecule has 1 atom stereocenters. The molecule has 0 radical (unpaired) electrons. The van der Waals surface area contributed by atoms with Crippen LogP contribution in [0.1, 0.15) is 6.42 Å². The number of nitrogens with zero attached hydrogens (tertiary/aromatic N) is 1. The van der Waals surface area contributed by atoms with Crippen molar-refractivity contribution in [3.8, 4) is 0 Å². The quantitative estimate of drug-likeness (QED) is 0.615. The van der Waals surface area contributed by atoms with Gasteiger partial charge in [-0.25, -0.2) is 8.42 Å². The molecule has 76 valence electrons. The molecule has 13 heavy (non-hydrogen) atoms. The molecule has 5 nitrogen and oxygen atoms in total. The van der Waals surface area contributed by atoms with Gasteiger partial charge < -0.3 is 10.6 Å². The van der Waals surface area contributed by atoms with E-state index in [1.54, 1.807) is 7.05 Å². The number of hydrogen-bond donors (Lipinski definition) is 1. The molecular formula is C7H14N2O3S. The normalized spacial score (nSPS) is 24.0. The Morgan fingerprint density at radius 2 is 2.23 bits per heavy atom. The molecule has 1 fully saturated rings. The van der Waals surface area contributed by atoms with E-state index in [9.17, 15) is 13.2 Å². The zero-order valence-electron chi connectivity index (χ0n) is 7.56. The first-order valence-electron chi connectivity index (χ1n) is 4.15. The molecule has 1 rings (SSSR count). The van der Waals surface area contributed by atoms with E-state index < -0.39 is 15.1 Å². The third-order valence-corrected chi connectivity index (χ3v) is 4.32. The highest BCUT2D eigenvalue weighted by atomic mass is 32.2. The van der Waals surface area contributed by atoms with Crippen LogP contribution in [0.4, 0.5) is 0 Å². The molecule has 0 aromatic rings. The van der Waals surface area contributed by atoms with Crippen molar-refractivity contribution in [3.05, 3.63) is 0 Å². The Hall–Kier alpha value is -0.620. The number of likely N-dealkylation sites (tertiary alicyclic amines) is 1. The molecule has 0 aliphatic carbocycles. The van der Waals surface area contributed by atoms with E-state index in [1.807, 2.05) is 0 Å². The standard InChI is InChI=1S/C7H14N2O3S/c1-9-4-2-6(7(9)10)13(11,12)5-3-8/h6H,2-5,8H2,1H3. The molecule has 0 aromatic carbocycles. The van der Waals surface area contributed by atoms with Gasteiger partial charge in [0.25, 0.3) is 0 Å². The summed E-state index contributed by atoms with van der Waals surface area (Å²) in [6.07, 6.45) is 0.400. The molecular weight excluding hydrogens is 192 g/mol. The highest BCUT2D eigenvalue weighted by Crippen LogP contribution is 2.17. The number of amides is 1. The molecule has 1 unspecified atom stereocenters. The number of rotatable bonds is 3. The predicted molar refractivity (Wildman–Crippen MR) is 48.9 cm³/mol. The van der Waals surface area contributed by atoms with E-state index >= 15 is 0 Å². The molecule has 0 bridgehead atoms. The van der Waals surface area contributed by atoms with Crippen molar-refractivity contribution < 1.29 is 13.2 Å². The summed E-state index contributed by atoms with van der Waals surface area (Å²) in [6.45, 7) is 0.600. The number of hydrogen-bond acceptors (Lipinski definition) is 4. The molecule has 1 heterocycles. The Morgan fingerprint density at radius 3 is 2.62 bits per heavy atom. The van der Waals surface area contributed by atoms with Gasteiger partial charge in [-0.1, -0.05) is 0 Å². The Kier molecular flexibility index (Phi) is 2.92. The maximum absolute atomic E-state index is 11.5. The van der Waals surface area contributed by atoms with Crippen LogP contribution in [0, 0.1) is 0 Å². The zero-order chi connectivity index (χ0) is 10.1. The zero-order valence-corrected chi connectivity index (χ0v) is 8.38. The highest BCUT2D eigenvalue weighted by Gasteiger charge is 2.38. The van der Waals surface area contributed by atoms with Crippen LogP contribution in [0.2, 0.25) is 0 Å². The lowest BCUT2D eigenvalue weighted by atomic mass is 10.4. The molecule has 2 N–H and O–H groups in total. The molecule has 0 spiro atoms. The Balaban J connectivity index is 2.79. The van der Waals surface area contributed by atoms with Crippen molar-refractivity contribution in [1.82, 2.24) is 4.90 Å². The fourth-order valence-electron chi connectivity index (χ4n) is 1.43. The predicted octanol–water partition coefficient (Wildman–Crippen LogP) is -1.41. The average molecular weight is 206 g/mol. The second kappa shape index (κ2) is 3.63. The van der Waals surface area contributed by atoms with Crippen molar-refractivity contribution in [1.29, 1.82) is 0 Å². The van der Waals surface area contributed by atoms with Gasteiger partial charge in [0.2, 0.25) is 5.91 Å². The van der Waals surface area contributed by atoms with Crippen LogP contribution in [-0.4, -0.2) is 50.4 Å². The molecule has 1 amide bonds. The summed E-state index contributed by atoms with van der Waals surface area (Å²) < 4.78 is 22.9. The topological polar surface area (TPSA) is 80.5 Å². The first-order valence-corrected chi connectivity index (χ1v) is 5.87. The second-order valence-electron chi connectivity index (χ2n) is 3.19. The van der Waals surface area contributed by atoms with Gasteiger partial charge in [0.15, 0.2) is 9.84 Å². The summed E-state index contributed by atoms with van der Waals surface area (Å²) in [7, 11) is -1.70. The fourth-order valence-corrected chi connectivity index (χ4v) is 2.99. The van der Waals surface area contributed by atoms with Crippen LogP contribution in [0.15, 0.2) is 0 Å². The van der Waals surface area contributed by atoms with E-state index in [0.29, 0.717) is 13.0 Å². The minimum atomic E-state index is -3.31.